The van der Waals surface area contributed by atoms with Crippen LogP contribution in [-0.2, 0) is 9.59 Å². The van der Waals surface area contributed by atoms with Crippen molar-refractivity contribution in [2.24, 2.45) is 0 Å². The van der Waals surface area contributed by atoms with E-state index in [4.69, 9.17) is 0 Å². The first-order valence-electron chi connectivity index (χ1n) is 6.07. The van der Waals surface area contributed by atoms with Gasteiger partial charge in [-0.3, -0.25) is 14.5 Å². The molecule has 0 spiro atoms. The summed E-state index contributed by atoms with van der Waals surface area (Å²) in [4.78, 5) is 29.6. The molecule has 1 N–H and O–H groups in total. The fraction of sp³-hybridized carbons (Fsp3) is 0.583. The number of anilines is 1. The van der Waals surface area contributed by atoms with Crippen LogP contribution >= 0.6 is 11.3 Å². The quantitative estimate of drug-likeness (QED) is 0.845. The van der Waals surface area contributed by atoms with Crippen LogP contribution in [0.25, 0.3) is 0 Å². The molecular weight excluding hydrogens is 250 g/mol. The van der Waals surface area contributed by atoms with Gasteiger partial charge in [-0.25, -0.2) is 4.98 Å². The fourth-order valence-corrected chi connectivity index (χ4v) is 2.72. The van der Waals surface area contributed by atoms with Crippen molar-refractivity contribution < 1.29 is 9.59 Å². The number of aryl methyl sites for hydroxylation is 1. The lowest BCUT2D eigenvalue weighted by molar-refractivity contribution is -0.140. The Bertz CT molecular complexity index is 472. The Kier molecular flexibility index (Phi) is 3.65. The minimum absolute atomic E-state index is 0.0326. The average Bonchev–Trinajstić information content (AvgIpc) is 2.84. The largest absolute Gasteiger partial charge is 0.349 e. The van der Waals surface area contributed by atoms with Crippen LogP contribution in [0.15, 0.2) is 5.38 Å². The van der Waals surface area contributed by atoms with Crippen molar-refractivity contribution in [1.29, 1.82) is 0 Å². The number of hydrogen-bond acceptors (Lipinski definition) is 5. The first kappa shape index (κ1) is 13.0. The van der Waals surface area contributed by atoms with Crippen molar-refractivity contribution in [1.82, 2.24) is 9.88 Å². The third kappa shape index (κ3) is 2.38. The van der Waals surface area contributed by atoms with Crippen molar-refractivity contribution in [2.75, 3.05) is 5.32 Å². The van der Waals surface area contributed by atoms with Gasteiger partial charge in [0.1, 0.15) is 6.04 Å². The highest BCUT2D eigenvalue weighted by Gasteiger charge is 2.40. The van der Waals surface area contributed by atoms with E-state index in [0.717, 1.165) is 12.1 Å². The van der Waals surface area contributed by atoms with Crippen molar-refractivity contribution in [3.63, 3.8) is 0 Å². The Balaban J connectivity index is 2.08. The zero-order valence-electron chi connectivity index (χ0n) is 10.8. The Morgan fingerprint density at radius 3 is 2.89 bits per heavy atom. The van der Waals surface area contributed by atoms with E-state index in [1.54, 1.807) is 0 Å². The monoisotopic (exact) mass is 267 g/mol. The van der Waals surface area contributed by atoms with Gasteiger partial charge in [0, 0.05) is 11.4 Å². The zero-order valence-corrected chi connectivity index (χ0v) is 11.6. The van der Waals surface area contributed by atoms with E-state index >= 15 is 0 Å². The first-order valence-corrected chi connectivity index (χ1v) is 6.95. The summed E-state index contributed by atoms with van der Waals surface area (Å²) < 4.78 is 0. The predicted octanol–water partition coefficient (Wildman–Crippen LogP) is 1.79. The van der Waals surface area contributed by atoms with Crippen molar-refractivity contribution in [2.45, 2.75) is 45.7 Å². The highest BCUT2D eigenvalue weighted by atomic mass is 32.1. The molecule has 18 heavy (non-hydrogen) atoms. The number of nitrogens with zero attached hydrogens (tertiary/aromatic N) is 2. The second-order valence-electron chi connectivity index (χ2n) is 4.55. The van der Waals surface area contributed by atoms with Gasteiger partial charge in [0.2, 0.25) is 5.91 Å². The number of carbonyl (C=O) groups is 2. The van der Waals surface area contributed by atoms with E-state index in [2.05, 4.69) is 10.3 Å². The molecule has 2 heterocycles. The summed E-state index contributed by atoms with van der Waals surface area (Å²) in [7, 11) is 0. The molecule has 1 aromatic heterocycles. The minimum Gasteiger partial charge on any atom is -0.349 e. The highest BCUT2D eigenvalue weighted by Crippen LogP contribution is 2.23. The molecule has 1 aliphatic rings. The molecule has 2 atom stereocenters. The summed E-state index contributed by atoms with van der Waals surface area (Å²) >= 11 is 1.45. The van der Waals surface area contributed by atoms with Crippen LogP contribution in [0.4, 0.5) is 5.13 Å². The number of imide groups is 1. The number of nitrogens with one attached hydrogen (secondary N) is 1. The van der Waals surface area contributed by atoms with E-state index in [9.17, 15) is 9.59 Å². The maximum Gasteiger partial charge on any atom is 0.252 e. The summed E-state index contributed by atoms with van der Waals surface area (Å²) in [6, 6.07) is -0.494. The fourth-order valence-electron chi connectivity index (χ4n) is 1.98. The number of likely N-dealkylation sites (tertiary alicyclic amines) is 1. The van der Waals surface area contributed by atoms with Gasteiger partial charge in [0.05, 0.1) is 12.1 Å². The van der Waals surface area contributed by atoms with Crippen molar-refractivity contribution in [3.8, 4) is 0 Å². The van der Waals surface area contributed by atoms with Gasteiger partial charge in [0.15, 0.2) is 5.13 Å². The second kappa shape index (κ2) is 5.06. The molecule has 0 radical (unpaired) electrons. The Morgan fingerprint density at radius 1 is 1.61 bits per heavy atom. The van der Waals surface area contributed by atoms with Crippen LogP contribution in [0.3, 0.4) is 0 Å². The standard InChI is InChI=1S/C12H17N3O2S/c1-4-8(3)15-10(16)5-9(11(15)17)14-12-13-7(2)6-18-12/h6,8-9H,4-5H2,1-3H3,(H,13,14). The first-order chi connectivity index (χ1) is 8.52. The normalized spacial score (nSPS) is 21.5. The molecule has 2 rings (SSSR count). The van der Waals surface area contributed by atoms with Gasteiger partial charge in [-0.05, 0) is 20.3 Å². The van der Waals surface area contributed by atoms with Crippen LogP contribution in [-0.4, -0.2) is 33.8 Å². The molecule has 1 aliphatic heterocycles. The van der Waals surface area contributed by atoms with E-state index in [1.165, 1.54) is 16.2 Å². The van der Waals surface area contributed by atoms with Crippen molar-refractivity contribution in [3.05, 3.63) is 11.1 Å². The summed E-state index contributed by atoms with van der Waals surface area (Å²) in [5.74, 6) is -0.234. The number of rotatable bonds is 4. The summed E-state index contributed by atoms with van der Waals surface area (Å²) in [6.07, 6.45) is 1.00. The van der Waals surface area contributed by atoms with E-state index < -0.39 is 6.04 Å². The number of carbonyl (C=O) groups excluding carboxylic acids is 2. The van der Waals surface area contributed by atoms with Gasteiger partial charge in [-0.1, -0.05) is 6.92 Å². The highest BCUT2D eigenvalue weighted by molar-refractivity contribution is 7.13. The van der Waals surface area contributed by atoms with E-state index in [0.29, 0.717) is 5.13 Å². The minimum atomic E-state index is -0.461. The molecule has 98 valence electrons. The van der Waals surface area contributed by atoms with Crippen LogP contribution in [0.1, 0.15) is 32.4 Å². The molecule has 1 aromatic rings. The number of hydrogen-bond donors (Lipinski definition) is 1. The number of amides is 2. The SMILES string of the molecule is CCC(C)N1C(=O)CC(Nc2nc(C)cs2)C1=O. The molecule has 1 fully saturated rings. The molecular formula is C12H17N3O2S. The molecule has 0 bridgehead atoms. The third-order valence-electron chi connectivity index (χ3n) is 3.13. The topological polar surface area (TPSA) is 62.3 Å². The molecule has 0 aromatic carbocycles. The van der Waals surface area contributed by atoms with E-state index in [-0.39, 0.29) is 24.3 Å². The molecule has 0 saturated carbocycles. The zero-order chi connectivity index (χ0) is 13.3. The molecule has 2 unspecified atom stereocenters. The molecule has 2 amide bonds. The number of thiazole rings is 1. The van der Waals surface area contributed by atoms with Gasteiger partial charge < -0.3 is 5.32 Å². The van der Waals surface area contributed by atoms with Crippen LogP contribution in [0.2, 0.25) is 0 Å². The second-order valence-corrected chi connectivity index (χ2v) is 5.41. The maximum atomic E-state index is 12.1. The molecule has 0 aliphatic carbocycles. The van der Waals surface area contributed by atoms with Crippen LogP contribution in [0.5, 0.6) is 0 Å². The maximum absolute atomic E-state index is 12.1. The Morgan fingerprint density at radius 2 is 2.33 bits per heavy atom. The van der Waals surface area contributed by atoms with Crippen LogP contribution < -0.4 is 5.32 Å². The third-order valence-corrected chi connectivity index (χ3v) is 4.02. The molecule has 1 saturated heterocycles. The van der Waals surface area contributed by atoms with Crippen LogP contribution in [0, 0.1) is 6.92 Å². The lowest BCUT2D eigenvalue weighted by atomic mass is 10.2. The Labute approximate surface area is 110 Å². The smallest absolute Gasteiger partial charge is 0.252 e. The molecule has 5 nitrogen and oxygen atoms in total. The average molecular weight is 267 g/mol. The van der Waals surface area contributed by atoms with Gasteiger partial charge in [-0.15, -0.1) is 11.3 Å². The number of aromatic nitrogens is 1. The predicted molar refractivity (Wildman–Crippen MR) is 70.5 cm³/mol. The van der Waals surface area contributed by atoms with Gasteiger partial charge >= 0.3 is 0 Å². The van der Waals surface area contributed by atoms with Gasteiger partial charge in [-0.2, -0.15) is 0 Å². The van der Waals surface area contributed by atoms with E-state index in [1.807, 2.05) is 26.2 Å². The van der Waals surface area contributed by atoms with Gasteiger partial charge in [0.25, 0.3) is 5.91 Å². The summed E-state index contributed by atoms with van der Waals surface area (Å²) in [5.41, 5.74) is 0.915. The Hall–Kier alpha value is -1.43. The molecule has 6 heteroatoms. The summed E-state index contributed by atoms with van der Waals surface area (Å²) in [6.45, 7) is 5.76. The van der Waals surface area contributed by atoms with Crippen molar-refractivity contribution >= 4 is 28.3 Å². The summed E-state index contributed by atoms with van der Waals surface area (Å²) in [5, 5.41) is 5.66. The lowest BCUT2D eigenvalue weighted by Crippen LogP contribution is -2.40. The lowest BCUT2D eigenvalue weighted by Gasteiger charge is -2.21.